The predicted molar refractivity (Wildman–Crippen MR) is 72.7 cm³/mol. The number of likely N-dealkylation sites (tertiary alicyclic amines) is 1. The summed E-state index contributed by atoms with van der Waals surface area (Å²) in [7, 11) is 0. The van der Waals surface area contributed by atoms with Crippen molar-refractivity contribution in [3.05, 3.63) is 0 Å². The van der Waals surface area contributed by atoms with E-state index in [0.717, 1.165) is 32.1 Å². The van der Waals surface area contributed by atoms with Gasteiger partial charge in [0.05, 0.1) is 11.8 Å². The van der Waals surface area contributed by atoms with Gasteiger partial charge in [-0.25, -0.2) is 0 Å². The maximum atomic E-state index is 12.8. The highest BCUT2D eigenvalue weighted by molar-refractivity contribution is 5.85. The Morgan fingerprint density at radius 2 is 1.42 bits per heavy atom. The van der Waals surface area contributed by atoms with Gasteiger partial charge in [0, 0.05) is 12.1 Å². The molecule has 2 rings (SSSR count). The molecular formula is C15H25NO3. The van der Waals surface area contributed by atoms with Crippen LogP contribution in [-0.2, 0) is 9.59 Å². The zero-order valence-corrected chi connectivity index (χ0v) is 12.0. The van der Waals surface area contributed by atoms with Crippen molar-refractivity contribution in [2.24, 2.45) is 11.8 Å². The number of aliphatic carboxylic acids is 1. The molecule has 0 unspecified atom stereocenters. The third-order valence-corrected chi connectivity index (χ3v) is 4.85. The van der Waals surface area contributed by atoms with Gasteiger partial charge in [-0.3, -0.25) is 9.59 Å². The van der Waals surface area contributed by atoms with Gasteiger partial charge < -0.3 is 10.0 Å². The molecule has 1 N–H and O–H groups in total. The van der Waals surface area contributed by atoms with Crippen LogP contribution < -0.4 is 0 Å². The molecule has 1 aliphatic carbocycles. The van der Waals surface area contributed by atoms with Gasteiger partial charge in [-0.1, -0.05) is 12.8 Å². The molecule has 2 aliphatic rings. The second kappa shape index (κ2) is 5.93. The highest BCUT2D eigenvalue weighted by atomic mass is 16.4. The molecule has 1 heterocycles. The first kappa shape index (κ1) is 14.4. The van der Waals surface area contributed by atoms with Crippen molar-refractivity contribution in [2.75, 3.05) is 0 Å². The van der Waals surface area contributed by atoms with Crippen LogP contribution >= 0.6 is 0 Å². The third kappa shape index (κ3) is 2.93. The summed E-state index contributed by atoms with van der Waals surface area (Å²) in [4.78, 5) is 26.1. The summed E-state index contributed by atoms with van der Waals surface area (Å²) in [6.45, 7) is 4.18. The molecule has 1 aliphatic heterocycles. The molecule has 0 spiro atoms. The largest absolute Gasteiger partial charge is 0.481 e. The lowest BCUT2D eigenvalue weighted by Gasteiger charge is -2.42. The maximum absolute atomic E-state index is 12.8. The van der Waals surface area contributed by atoms with Crippen LogP contribution in [0.15, 0.2) is 0 Å². The van der Waals surface area contributed by atoms with Crippen LogP contribution in [0.4, 0.5) is 0 Å². The first-order valence-electron chi connectivity index (χ1n) is 7.57. The number of carbonyl (C=O) groups is 2. The summed E-state index contributed by atoms with van der Waals surface area (Å²) in [6.07, 6.45) is 6.57. The van der Waals surface area contributed by atoms with Gasteiger partial charge >= 0.3 is 5.97 Å². The fourth-order valence-electron chi connectivity index (χ4n) is 3.77. The van der Waals surface area contributed by atoms with Gasteiger partial charge in [0.2, 0.25) is 5.91 Å². The van der Waals surface area contributed by atoms with Crippen molar-refractivity contribution in [1.29, 1.82) is 0 Å². The molecule has 1 saturated heterocycles. The summed E-state index contributed by atoms with van der Waals surface area (Å²) in [5.74, 6) is -1.47. The Bertz CT molecular complexity index is 345. The average Bonchev–Trinajstić information content (AvgIpc) is 2.38. The molecule has 1 saturated carbocycles. The fourth-order valence-corrected chi connectivity index (χ4v) is 3.77. The zero-order chi connectivity index (χ0) is 14.0. The topological polar surface area (TPSA) is 57.6 Å². The SMILES string of the molecule is C[C@@H]1CCC[C@H](C)N1C(=O)[C@H]1CCCC[C@@H]1C(=O)O. The van der Waals surface area contributed by atoms with E-state index in [9.17, 15) is 14.7 Å². The molecule has 4 atom stereocenters. The summed E-state index contributed by atoms with van der Waals surface area (Å²) in [5.41, 5.74) is 0. The van der Waals surface area contributed by atoms with Crippen LogP contribution in [0.3, 0.4) is 0 Å². The van der Waals surface area contributed by atoms with Crippen molar-refractivity contribution < 1.29 is 14.7 Å². The van der Waals surface area contributed by atoms with E-state index in [1.54, 1.807) is 0 Å². The lowest BCUT2D eigenvalue weighted by Crippen LogP contribution is -2.52. The Morgan fingerprint density at radius 3 is 1.95 bits per heavy atom. The first-order valence-corrected chi connectivity index (χ1v) is 7.57. The van der Waals surface area contributed by atoms with Crippen molar-refractivity contribution >= 4 is 11.9 Å². The van der Waals surface area contributed by atoms with Gasteiger partial charge in [-0.05, 0) is 46.0 Å². The van der Waals surface area contributed by atoms with Crippen LogP contribution in [-0.4, -0.2) is 34.0 Å². The first-order chi connectivity index (χ1) is 9.02. The minimum atomic E-state index is -0.796. The molecule has 108 valence electrons. The Labute approximate surface area is 115 Å². The predicted octanol–water partition coefficient (Wildman–Crippen LogP) is 2.67. The van der Waals surface area contributed by atoms with Gasteiger partial charge in [0.1, 0.15) is 0 Å². The van der Waals surface area contributed by atoms with Crippen molar-refractivity contribution in [3.8, 4) is 0 Å². The third-order valence-electron chi connectivity index (χ3n) is 4.85. The molecule has 2 fully saturated rings. The quantitative estimate of drug-likeness (QED) is 0.836. The average molecular weight is 267 g/mol. The molecule has 0 aromatic rings. The van der Waals surface area contributed by atoms with Crippen LogP contribution in [0.1, 0.15) is 58.8 Å². The van der Waals surface area contributed by atoms with E-state index in [2.05, 4.69) is 13.8 Å². The second-order valence-electron chi connectivity index (χ2n) is 6.21. The standard InChI is InChI=1S/C15H25NO3/c1-10-6-5-7-11(2)16(10)14(17)12-8-3-4-9-13(12)15(18)19/h10-13H,3-9H2,1-2H3,(H,18,19)/t10-,11+,12-,13-/m0/s1. The van der Waals surface area contributed by atoms with Crippen molar-refractivity contribution in [1.82, 2.24) is 4.90 Å². The Kier molecular flexibility index (Phi) is 4.48. The molecule has 4 heteroatoms. The number of hydrogen-bond donors (Lipinski definition) is 1. The summed E-state index contributed by atoms with van der Waals surface area (Å²) < 4.78 is 0. The van der Waals surface area contributed by atoms with E-state index < -0.39 is 11.9 Å². The van der Waals surface area contributed by atoms with Crippen molar-refractivity contribution in [2.45, 2.75) is 70.9 Å². The van der Waals surface area contributed by atoms with Gasteiger partial charge in [-0.2, -0.15) is 0 Å². The van der Waals surface area contributed by atoms with E-state index >= 15 is 0 Å². The van der Waals surface area contributed by atoms with Crippen LogP contribution in [0, 0.1) is 11.8 Å². The molecule has 0 aromatic heterocycles. The van der Waals surface area contributed by atoms with E-state index in [1.165, 1.54) is 6.42 Å². The van der Waals surface area contributed by atoms with Crippen LogP contribution in [0.25, 0.3) is 0 Å². The van der Waals surface area contributed by atoms with Gasteiger partial charge in [0.25, 0.3) is 0 Å². The number of carbonyl (C=O) groups excluding carboxylic acids is 1. The maximum Gasteiger partial charge on any atom is 0.307 e. The summed E-state index contributed by atoms with van der Waals surface area (Å²) >= 11 is 0. The van der Waals surface area contributed by atoms with Crippen LogP contribution in [0.5, 0.6) is 0 Å². The van der Waals surface area contributed by atoms with Crippen molar-refractivity contribution in [3.63, 3.8) is 0 Å². The normalized spacial score (nSPS) is 36.0. The molecule has 0 radical (unpaired) electrons. The highest BCUT2D eigenvalue weighted by Gasteiger charge is 2.40. The molecular weight excluding hydrogens is 242 g/mol. The Hall–Kier alpha value is -1.06. The van der Waals surface area contributed by atoms with E-state index in [1.807, 2.05) is 4.90 Å². The second-order valence-corrected chi connectivity index (χ2v) is 6.21. The monoisotopic (exact) mass is 267 g/mol. The number of nitrogens with zero attached hydrogens (tertiary/aromatic N) is 1. The fraction of sp³-hybridized carbons (Fsp3) is 0.867. The van der Waals surface area contributed by atoms with Gasteiger partial charge in [-0.15, -0.1) is 0 Å². The number of amides is 1. The smallest absolute Gasteiger partial charge is 0.307 e. The Morgan fingerprint density at radius 1 is 0.895 bits per heavy atom. The molecule has 0 bridgehead atoms. The van der Waals surface area contributed by atoms with Crippen LogP contribution in [0.2, 0.25) is 0 Å². The number of hydrogen-bond acceptors (Lipinski definition) is 2. The highest BCUT2D eigenvalue weighted by Crippen LogP contribution is 2.34. The lowest BCUT2D eigenvalue weighted by atomic mass is 9.77. The molecule has 19 heavy (non-hydrogen) atoms. The summed E-state index contributed by atoms with van der Waals surface area (Å²) in [5, 5.41) is 9.32. The zero-order valence-electron chi connectivity index (χ0n) is 12.0. The molecule has 0 aromatic carbocycles. The minimum Gasteiger partial charge on any atom is -0.481 e. The number of piperidine rings is 1. The van der Waals surface area contributed by atoms with E-state index in [0.29, 0.717) is 6.42 Å². The number of carboxylic acids is 1. The molecule has 4 nitrogen and oxygen atoms in total. The van der Waals surface area contributed by atoms with E-state index in [-0.39, 0.29) is 23.9 Å². The summed E-state index contributed by atoms with van der Waals surface area (Å²) in [6, 6.07) is 0.514. The lowest BCUT2D eigenvalue weighted by molar-refractivity contribution is -0.155. The number of carboxylic acid groups (broad SMARTS) is 1. The molecule has 1 amide bonds. The minimum absolute atomic E-state index is 0.0896. The number of rotatable bonds is 2. The van der Waals surface area contributed by atoms with Gasteiger partial charge in [0.15, 0.2) is 0 Å². The van der Waals surface area contributed by atoms with E-state index in [4.69, 9.17) is 0 Å². The Balaban J connectivity index is 2.14.